The quantitative estimate of drug-likeness (QED) is 0.564. The summed E-state index contributed by atoms with van der Waals surface area (Å²) >= 11 is 0. The Bertz CT molecular complexity index is 119. The Morgan fingerprint density at radius 2 is 1.91 bits per heavy atom. The molecule has 0 atom stereocenters. The lowest BCUT2D eigenvalue weighted by Crippen LogP contribution is -2.50. The lowest BCUT2D eigenvalue weighted by molar-refractivity contribution is 0.227. The fourth-order valence-electron chi connectivity index (χ4n) is 1.65. The van der Waals surface area contributed by atoms with Crippen molar-refractivity contribution in [3.8, 4) is 0 Å². The van der Waals surface area contributed by atoms with Gasteiger partial charge in [-0.2, -0.15) is 0 Å². The molecule has 2 aliphatic rings. The van der Waals surface area contributed by atoms with Crippen LogP contribution in [0.2, 0.25) is 0 Å². The molecule has 1 N–H and O–H groups in total. The maximum absolute atomic E-state index is 3.56. The molecule has 0 aromatic heterocycles. The van der Waals surface area contributed by atoms with Gasteiger partial charge in [0.15, 0.2) is 0 Å². The van der Waals surface area contributed by atoms with Crippen molar-refractivity contribution >= 4 is 0 Å². The van der Waals surface area contributed by atoms with Gasteiger partial charge < -0.3 is 10.2 Å². The van der Waals surface area contributed by atoms with Gasteiger partial charge in [0.2, 0.25) is 0 Å². The Balaban J connectivity index is 0.000000281. The van der Waals surface area contributed by atoms with E-state index in [1.54, 1.807) is 0 Å². The van der Waals surface area contributed by atoms with E-state index < -0.39 is 0 Å². The predicted molar refractivity (Wildman–Crippen MR) is 48.8 cm³/mol. The Morgan fingerprint density at radius 3 is 2.27 bits per heavy atom. The third kappa shape index (κ3) is 2.17. The molecule has 0 aromatic carbocycles. The van der Waals surface area contributed by atoms with E-state index in [0.29, 0.717) is 5.54 Å². The average Bonchev–Trinajstić information content (AvgIpc) is 2.73. The molecule has 0 bridgehead atoms. The molecular formula is C9H20N2. The number of hydrogen-bond donors (Lipinski definition) is 1. The lowest BCUT2D eigenvalue weighted by Gasteiger charge is -2.30. The molecule has 2 rings (SSSR count). The van der Waals surface area contributed by atoms with Crippen molar-refractivity contribution in [2.75, 3.05) is 26.7 Å². The highest BCUT2D eigenvalue weighted by Gasteiger charge is 2.44. The third-order valence-electron chi connectivity index (χ3n) is 2.42. The number of likely N-dealkylation sites (N-methyl/N-ethyl adjacent to an activating group) is 1. The van der Waals surface area contributed by atoms with Crippen LogP contribution in [0.5, 0.6) is 0 Å². The molecule has 0 amide bonds. The van der Waals surface area contributed by atoms with Crippen LogP contribution in [0.4, 0.5) is 0 Å². The van der Waals surface area contributed by atoms with Crippen LogP contribution in [0.15, 0.2) is 0 Å². The molecule has 2 heteroatoms. The fourth-order valence-corrected chi connectivity index (χ4v) is 1.65. The van der Waals surface area contributed by atoms with E-state index in [0.717, 1.165) is 0 Å². The van der Waals surface area contributed by atoms with Crippen molar-refractivity contribution in [2.24, 2.45) is 0 Å². The summed E-state index contributed by atoms with van der Waals surface area (Å²) in [6, 6.07) is 0. The molecule has 1 aliphatic heterocycles. The predicted octanol–water partition coefficient (Wildman–Crippen LogP) is 1.08. The first-order valence-corrected chi connectivity index (χ1v) is 4.74. The molecule has 2 fully saturated rings. The fraction of sp³-hybridized carbons (Fsp3) is 1.00. The van der Waals surface area contributed by atoms with E-state index in [4.69, 9.17) is 0 Å². The molecular weight excluding hydrogens is 136 g/mol. The molecule has 1 aliphatic carbocycles. The van der Waals surface area contributed by atoms with E-state index in [9.17, 15) is 0 Å². The van der Waals surface area contributed by atoms with Crippen LogP contribution in [0.25, 0.3) is 0 Å². The molecule has 1 saturated heterocycles. The molecule has 0 radical (unpaired) electrons. The molecule has 0 unspecified atom stereocenters. The van der Waals surface area contributed by atoms with E-state index in [2.05, 4.69) is 17.3 Å². The van der Waals surface area contributed by atoms with Gasteiger partial charge in [0, 0.05) is 25.2 Å². The van der Waals surface area contributed by atoms with E-state index in [1.165, 1.54) is 32.5 Å². The van der Waals surface area contributed by atoms with Crippen LogP contribution in [-0.4, -0.2) is 37.1 Å². The van der Waals surface area contributed by atoms with Crippen molar-refractivity contribution in [3.63, 3.8) is 0 Å². The summed E-state index contributed by atoms with van der Waals surface area (Å²) in [5.41, 5.74) is 0.576. The molecule has 1 heterocycles. The zero-order chi connectivity index (χ0) is 8.32. The minimum absolute atomic E-state index is 0.576. The highest BCUT2D eigenvalue weighted by molar-refractivity contribution is 5.05. The molecule has 2 nitrogen and oxygen atoms in total. The van der Waals surface area contributed by atoms with Gasteiger partial charge in [0.05, 0.1) is 0 Å². The third-order valence-corrected chi connectivity index (χ3v) is 2.42. The van der Waals surface area contributed by atoms with Gasteiger partial charge in [-0.3, -0.25) is 0 Å². The Hall–Kier alpha value is -0.0800. The Morgan fingerprint density at radius 1 is 1.27 bits per heavy atom. The van der Waals surface area contributed by atoms with Crippen molar-refractivity contribution < 1.29 is 0 Å². The van der Waals surface area contributed by atoms with Crippen LogP contribution >= 0.6 is 0 Å². The summed E-state index contributed by atoms with van der Waals surface area (Å²) in [5, 5.41) is 3.56. The van der Waals surface area contributed by atoms with Gasteiger partial charge in [-0.1, -0.05) is 13.8 Å². The summed E-state index contributed by atoms with van der Waals surface area (Å²) in [5.74, 6) is 0. The Kier molecular flexibility index (Phi) is 2.90. The highest BCUT2D eigenvalue weighted by atomic mass is 15.2. The number of piperazine rings is 1. The van der Waals surface area contributed by atoms with Crippen molar-refractivity contribution in [2.45, 2.75) is 32.2 Å². The molecule has 0 aromatic rings. The first-order valence-electron chi connectivity index (χ1n) is 4.74. The average molecular weight is 156 g/mol. The zero-order valence-electron chi connectivity index (χ0n) is 7.98. The minimum Gasteiger partial charge on any atom is -0.309 e. The van der Waals surface area contributed by atoms with Crippen molar-refractivity contribution in [3.05, 3.63) is 0 Å². The second kappa shape index (κ2) is 3.55. The Labute approximate surface area is 70.0 Å². The summed E-state index contributed by atoms with van der Waals surface area (Å²) in [4.78, 5) is 2.42. The summed E-state index contributed by atoms with van der Waals surface area (Å²) in [6.07, 6.45) is 2.80. The minimum atomic E-state index is 0.576. The smallest absolute Gasteiger partial charge is 0.0310 e. The molecule has 1 saturated carbocycles. The maximum atomic E-state index is 3.56. The van der Waals surface area contributed by atoms with Gasteiger partial charge in [0.25, 0.3) is 0 Å². The topological polar surface area (TPSA) is 15.3 Å². The van der Waals surface area contributed by atoms with Crippen LogP contribution in [0.1, 0.15) is 26.7 Å². The number of hydrogen-bond acceptors (Lipinski definition) is 2. The first kappa shape index (κ1) is 9.01. The zero-order valence-corrected chi connectivity index (χ0v) is 7.98. The molecule has 1 spiro atoms. The summed E-state index contributed by atoms with van der Waals surface area (Å²) in [7, 11) is 2.21. The normalized spacial score (nSPS) is 27.5. The number of nitrogens with zero attached hydrogens (tertiary/aromatic N) is 1. The van der Waals surface area contributed by atoms with E-state index in [1.807, 2.05) is 13.8 Å². The van der Waals surface area contributed by atoms with Crippen LogP contribution in [-0.2, 0) is 0 Å². The van der Waals surface area contributed by atoms with Crippen LogP contribution in [0, 0.1) is 0 Å². The molecule has 66 valence electrons. The number of nitrogens with one attached hydrogen (secondary N) is 1. The first-order chi connectivity index (χ1) is 5.31. The summed E-state index contributed by atoms with van der Waals surface area (Å²) < 4.78 is 0. The standard InChI is InChI=1S/C7H14N2.C2H6/c1-9-5-4-8-7(6-9)2-3-7;1-2/h8H,2-6H2,1H3;1-2H3. The van der Waals surface area contributed by atoms with Crippen LogP contribution < -0.4 is 5.32 Å². The maximum Gasteiger partial charge on any atom is 0.0310 e. The highest BCUT2D eigenvalue weighted by Crippen LogP contribution is 2.36. The van der Waals surface area contributed by atoms with E-state index >= 15 is 0 Å². The van der Waals surface area contributed by atoms with Crippen molar-refractivity contribution in [1.29, 1.82) is 0 Å². The van der Waals surface area contributed by atoms with Gasteiger partial charge in [0.1, 0.15) is 0 Å². The summed E-state index contributed by atoms with van der Waals surface area (Å²) in [6.45, 7) is 7.69. The SMILES string of the molecule is CC.CN1CCNC2(CC2)C1. The van der Waals surface area contributed by atoms with Crippen LogP contribution in [0.3, 0.4) is 0 Å². The lowest BCUT2D eigenvalue weighted by atomic mass is 10.2. The van der Waals surface area contributed by atoms with Gasteiger partial charge in [-0.25, -0.2) is 0 Å². The van der Waals surface area contributed by atoms with E-state index in [-0.39, 0.29) is 0 Å². The van der Waals surface area contributed by atoms with Gasteiger partial charge in [-0.05, 0) is 19.9 Å². The second-order valence-electron chi connectivity index (χ2n) is 3.44. The largest absolute Gasteiger partial charge is 0.309 e. The van der Waals surface area contributed by atoms with Gasteiger partial charge >= 0.3 is 0 Å². The number of rotatable bonds is 0. The van der Waals surface area contributed by atoms with Crippen molar-refractivity contribution in [1.82, 2.24) is 10.2 Å². The molecule has 11 heavy (non-hydrogen) atoms. The van der Waals surface area contributed by atoms with Gasteiger partial charge in [-0.15, -0.1) is 0 Å². The monoisotopic (exact) mass is 156 g/mol. The second-order valence-corrected chi connectivity index (χ2v) is 3.44.